The standard InChI is InChI=1S/C19H18N4OS2/c1-12(2)23(15-7-8-16-17(11-15)26-19(25)22-16)18(24)21-14-5-3-13(4-6-14)9-10-20/h3-8,11-12H,9H2,1-2H3,(H,21,24)(H,22,25). The average Bonchev–Trinajstić information content (AvgIpc) is 2.96. The number of hydrogen-bond acceptors (Lipinski definition) is 4. The molecular formula is C19H18N4OS2. The van der Waals surface area contributed by atoms with Crippen LogP contribution in [0.2, 0.25) is 0 Å². The molecule has 0 unspecified atom stereocenters. The topological polar surface area (TPSA) is 71.9 Å². The minimum atomic E-state index is -0.202. The van der Waals surface area contributed by atoms with Crippen LogP contribution in [0.3, 0.4) is 0 Å². The van der Waals surface area contributed by atoms with E-state index >= 15 is 0 Å². The molecule has 7 heteroatoms. The zero-order chi connectivity index (χ0) is 18.7. The van der Waals surface area contributed by atoms with E-state index in [0.717, 1.165) is 25.4 Å². The zero-order valence-electron chi connectivity index (χ0n) is 14.4. The van der Waals surface area contributed by atoms with Crippen LogP contribution in [-0.4, -0.2) is 17.1 Å². The molecule has 26 heavy (non-hydrogen) atoms. The molecule has 0 atom stereocenters. The van der Waals surface area contributed by atoms with E-state index < -0.39 is 0 Å². The van der Waals surface area contributed by atoms with Crippen molar-refractivity contribution in [2.24, 2.45) is 0 Å². The molecule has 0 saturated heterocycles. The van der Waals surface area contributed by atoms with Crippen molar-refractivity contribution < 1.29 is 4.79 Å². The van der Waals surface area contributed by atoms with Gasteiger partial charge < -0.3 is 10.3 Å². The van der Waals surface area contributed by atoms with Crippen LogP contribution in [0.1, 0.15) is 19.4 Å². The lowest BCUT2D eigenvalue weighted by Crippen LogP contribution is -2.40. The number of carbonyl (C=O) groups is 1. The maximum Gasteiger partial charge on any atom is 0.326 e. The van der Waals surface area contributed by atoms with E-state index in [0.29, 0.717) is 12.1 Å². The van der Waals surface area contributed by atoms with E-state index in [1.165, 1.54) is 11.3 Å². The highest BCUT2D eigenvalue weighted by Crippen LogP contribution is 2.27. The van der Waals surface area contributed by atoms with E-state index in [1.54, 1.807) is 4.90 Å². The number of thiazole rings is 1. The van der Waals surface area contributed by atoms with Gasteiger partial charge >= 0.3 is 6.03 Å². The number of fused-ring (bicyclic) bond motifs is 1. The third-order valence-electron chi connectivity index (χ3n) is 3.91. The lowest BCUT2D eigenvalue weighted by molar-refractivity contribution is 0.255. The first kappa shape index (κ1) is 18.1. The number of nitrogens with one attached hydrogen (secondary N) is 2. The Morgan fingerprint density at radius 3 is 2.69 bits per heavy atom. The fourth-order valence-electron chi connectivity index (χ4n) is 2.71. The lowest BCUT2D eigenvalue weighted by Gasteiger charge is -2.27. The van der Waals surface area contributed by atoms with Gasteiger partial charge in [-0.15, -0.1) is 11.3 Å². The van der Waals surface area contributed by atoms with Crippen molar-refractivity contribution in [2.45, 2.75) is 26.3 Å². The van der Waals surface area contributed by atoms with Gasteiger partial charge in [-0.05, 0) is 62.0 Å². The monoisotopic (exact) mass is 382 g/mol. The molecule has 0 fully saturated rings. The Kier molecular flexibility index (Phi) is 5.35. The Morgan fingerprint density at radius 2 is 2.04 bits per heavy atom. The summed E-state index contributed by atoms with van der Waals surface area (Å²) in [7, 11) is 0. The Morgan fingerprint density at radius 1 is 1.31 bits per heavy atom. The largest absolute Gasteiger partial charge is 0.337 e. The van der Waals surface area contributed by atoms with Gasteiger partial charge in [0.15, 0.2) is 3.95 Å². The third-order valence-corrected chi connectivity index (χ3v) is 5.10. The maximum atomic E-state index is 12.8. The van der Waals surface area contributed by atoms with Crippen LogP contribution in [0, 0.1) is 15.3 Å². The van der Waals surface area contributed by atoms with Gasteiger partial charge in [0.2, 0.25) is 0 Å². The molecule has 0 saturated carbocycles. The Labute approximate surface area is 160 Å². The minimum absolute atomic E-state index is 0.0165. The minimum Gasteiger partial charge on any atom is -0.337 e. The van der Waals surface area contributed by atoms with E-state index in [-0.39, 0.29) is 12.1 Å². The molecule has 1 heterocycles. The van der Waals surface area contributed by atoms with Crippen molar-refractivity contribution in [3.05, 3.63) is 52.0 Å². The predicted molar refractivity (Wildman–Crippen MR) is 109 cm³/mol. The number of aromatic nitrogens is 1. The number of rotatable bonds is 4. The Balaban J connectivity index is 1.85. The SMILES string of the molecule is CC(C)N(C(=O)Nc1ccc(CC#N)cc1)c1ccc2[nH]c(=S)sc2c1. The van der Waals surface area contributed by atoms with E-state index in [1.807, 2.05) is 56.3 Å². The molecule has 0 bridgehead atoms. The molecule has 0 spiro atoms. The zero-order valence-corrected chi connectivity index (χ0v) is 16.1. The van der Waals surface area contributed by atoms with Gasteiger partial charge in [0.25, 0.3) is 0 Å². The summed E-state index contributed by atoms with van der Waals surface area (Å²) in [6.07, 6.45) is 0.356. The number of nitriles is 1. The number of hydrogen-bond donors (Lipinski definition) is 2. The summed E-state index contributed by atoms with van der Waals surface area (Å²) in [5.74, 6) is 0. The van der Waals surface area contributed by atoms with Gasteiger partial charge in [0.05, 0.1) is 22.7 Å². The van der Waals surface area contributed by atoms with Crippen molar-refractivity contribution in [3.63, 3.8) is 0 Å². The lowest BCUT2D eigenvalue weighted by atomic mass is 10.1. The number of anilines is 2. The summed E-state index contributed by atoms with van der Waals surface area (Å²) in [5.41, 5.74) is 3.41. The summed E-state index contributed by atoms with van der Waals surface area (Å²) >= 11 is 6.68. The first-order chi connectivity index (χ1) is 12.5. The number of benzene rings is 2. The maximum absolute atomic E-state index is 12.8. The summed E-state index contributed by atoms with van der Waals surface area (Å²) in [6, 6.07) is 15.0. The van der Waals surface area contributed by atoms with Crippen LogP contribution in [0.4, 0.5) is 16.2 Å². The molecule has 132 valence electrons. The van der Waals surface area contributed by atoms with Crippen LogP contribution >= 0.6 is 23.6 Å². The molecule has 2 N–H and O–H groups in total. The van der Waals surface area contributed by atoms with Crippen LogP contribution in [0.5, 0.6) is 0 Å². The summed E-state index contributed by atoms with van der Waals surface area (Å²) in [5, 5.41) is 11.7. The highest BCUT2D eigenvalue weighted by molar-refractivity contribution is 7.73. The molecule has 2 amide bonds. The highest BCUT2D eigenvalue weighted by Gasteiger charge is 2.20. The molecular weight excluding hydrogens is 364 g/mol. The predicted octanol–water partition coefficient (Wildman–Crippen LogP) is 5.47. The van der Waals surface area contributed by atoms with Crippen LogP contribution < -0.4 is 10.2 Å². The second-order valence-corrected chi connectivity index (χ2v) is 7.84. The summed E-state index contributed by atoms with van der Waals surface area (Å²) in [4.78, 5) is 17.7. The molecule has 3 aromatic rings. The van der Waals surface area contributed by atoms with Crippen LogP contribution in [0.25, 0.3) is 10.2 Å². The molecule has 0 aliphatic rings. The van der Waals surface area contributed by atoms with Crippen molar-refractivity contribution in [1.82, 2.24) is 4.98 Å². The van der Waals surface area contributed by atoms with Crippen molar-refractivity contribution in [2.75, 3.05) is 10.2 Å². The second-order valence-electron chi connectivity index (χ2n) is 6.12. The van der Waals surface area contributed by atoms with Gasteiger partial charge in [-0.1, -0.05) is 12.1 Å². The first-order valence-corrected chi connectivity index (χ1v) is 9.39. The highest BCUT2D eigenvalue weighted by atomic mass is 32.1. The average molecular weight is 383 g/mol. The van der Waals surface area contributed by atoms with Crippen LogP contribution in [-0.2, 0) is 6.42 Å². The summed E-state index contributed by atoms with van der Waals surface area (Å²) < 4.78 is 1.74. The van der Waals surface area contributed by atoms with E-state index in [9.17, 15) is 4.79 Å². The van der Waals surface area contributed by atoms with Crippen molar-refractivity contribution in [1.29, 1.82) is 5.26 Å². The van der Waals surface area contributed by atoms with E-state index in [2.05, 4.69) is 16.4 Å². The molecule has 3 rings (SSSR count). The summed E-state index contributed by atoms with van der Waals surface area (Å²) in [6.45, 7) is 3.94. The number of nitrogens with zero attached hydrogens (tertiary/aromatic N) is 2. The van der Waals surface area contributed by atoms with Gasteiger partial charge in [0.1, 0.15) is 0 Å². The Bertz CT molecular complexity index is 1030. The van der Waals surface area contributed by atoms with Gasteiger partial charge in [-0.3, -0.25) is 4.90 Å². The number of amides is 2. The molecule has 2 aromatic carbocycles. The van der Waals surface area contributed by atoms with Gasteiger partial charge in [-0.2, -0.15) is 5.26 Å². The smallest absolute Gasteiger partial charge is 0.326 e. The fourth-order valence-corrected chi connectivity index (χ4v) is 3.86. The molecule has 0 aliphatic carbocycles. The van der Waals surface area contributed by atoms with Gasteiger partial charge in [-0.25, -0.2) is 4.79 Å². The third kappa shape index (κ3) is 3.93. The van der Waals surface area contributed by atoms with Gasteiger partial charge in [0, 0.05) is 17.4 Å². The molecule has 1 aromatic heterocycles. The fraction of sp³-hybridized carbons (Fsp3) is 0.211. The first-order valence-electron chi connectivity index (χ1n) is 8.17. The molecule has 5 nitrogen and oxygen atoms in total. The van der Waals surface area contributed by atoms with Crippen molar-refractivity contribution >= 4 is 51.2 Å². The van der Waals surface area contributed by atoms with Crippen LogP contribution in [0.15, 0.2) is 42.5 Å². The number of aromatic amines is 1. The number of carbonyl (C=O) groups excluding carboxylic acids is 1. The molecule has 0 radical (unpaired) electrons. The Hall–Kier alpha value is -2.69. The normalized spacial score (nSPS) is 10.7. The number of urea groups is 1. The number of H-pyrrole nitrogens is 1. The second kappa shape index (κ2) is 7.68. The molecule has 0 aliphatic heterocycles. The quantitative estimate of drug-likeness (QED) is 0.588. The van der Waals surface area contributed by atoms with Crippen molar-refractivity contribution in [3.8, 4) is 6.07 Å². The van der Waals surface area contributed by atoms with E-state index in [4.69, 9.17) is 17.5 Å².